The van der Waals surface area contributed by atoms with Crippen molar-refractivity contribution in [2.75, 3.05) is 13.2 Å². The van der Waals surface area contributed by atoms with Gasteiger partial charge in [-0.1, -0.05) is 25.0 Å². The van der Waals surface area contributed by atoms with Gasteiger partial charge in [0.15, 0.2) is 0 Å². The molecule has 1 atom stereocenters. The SMILES string of the molecule is CCOc1ccc(C(C)NC(=O)CCCNC(=O)C2(N)CCCC2)cc1. The highest BCUT2D eigenvalue weighted by Gasteiger charge is 2.36. The van der Waals surface area contributed by atoms with Gasteiger partial charge in [0.2, 0.25) is 11.8 Å². The second-order valence-electron chi connectivity index (χ2n) is 7.01. The molecular formula is C20H31N3O3. The number of nitrogens with one attached hydrogen (secondary N) is 2. The van der Waals surface area contributed by atoms with Crippen LogP contribution in [0.15, 0.2) is 24.3 Å². The summed E-state index contributed by atoms with van der Waals surface area (Å²) in [6, 6.07) is 7.65. The first-order valence-electron chi connectivity index (χ1n) is 9.54. The molecule has 1 aliphatic carbocycles. The van der Waals surface area contributed by atoms with Crippen molar-refractivity contribution in [1.29, 1.82) is 0 Å². The van der Waals surface area contributed by atoms with E-state index in [0.717, 1.165) is 37.0 Å². The minimum atomic E-state index is -0.704. The minimum absolute atomic E-state index is 0.0241. The van der Waals surface area contributed by atoms with Crippen LogP contribution in [0.2, 0.25) is 0 Å². The summed E-state index contributed by atoms with van der Waals surface area (Å²) in [5, 5.41) is 5.85. The lowest BCUT2D eigenvalue weighted by atomic mass is 9.98. The van der Waals surface area contributed by atoms with Gasteiger partial charge in [-0.3, -0.25) is 9.59 Å². The first-order chi connectivity index (χ1) is 12.4. The third-order valence-corrected chi connectivity index (χ3v) is 4.88. The zero-order valence-corrected chi connectivity index (χ0v) is 15.8. The molecule has 26 heavy (non-hydrogen) atoms. The Hall–Kier alpha value is -2.08. The monoisotopic (exact) mass is 361 g/mol. The van der Waals surface area contributed by atoms with Crippen molar-refractivity contribution in [3.8, 4) is 5.75 Å². The van der Waals surface area contributed by atoms with Gasteiger partial charge in [-0.25, -0.2) is 0 Å². The van der Waals surface area contributed by atoms with E-state index in [1.807, 2.05) is 38.1 Å². The maximum absolute atomic E-state index is 12.1. The van der Waals surface area contributed by atoms with Crippen LogP contribution in [0.5, 0.6) is 5.75 Å². The fraction of sp³-hybridized carbons (Fsp3) is 0.600. The van der Waals surface area contributed by atoms with Gasteiger partial charge in [-0.05, 0) is 50.8 Å². The molecule has 0 radical (unpaired) electrons. The summed E-state index contributed by atoms with van der Waals surface area (Å²) in [6.07, 6.45) is 4.49. The molecule has 0 heterocycles. The summed E-state index contributed by atoms with van der Waals surface area (Å²) in [5.74, 6) is 0.715. The maximum atomic E-state index is 12.1. The van der Waals surface area contributed by atoms with E-state index in [-0.39, 0.29) is 17.9 Å². The van der Waals surface area contributed by atoms with E-state index in [2.05, 4.69) is 10.6 Å². The summed E-state index contributed by atoms with van der Waals surface area (Å²) >= 11 is 0. The third kappa shape index (κ3) is 5.73. The Morgan fingerprint density at radius 1 is 1.23 bits per heavy atom. The number of ether oxygens (including phenoxy) is 1. The minimum Gasteiger partial charge on any atom is -0.494 e. The number of amides is 2. The lowest BCUT2D eigenvalue weighted by Crippen LogP contribution is -2.52. The Bertz CT molecular complexity index is 595. The molecule has 0 aliphatic heterocycles. The van der Waals surface area contributed by atoms with Crippen LogP contribution in [0.25, 0.3) is 0 Å². The molecule has 1 aromatic carbocycles. The van der Waals surface area contributed by atoms with Crippen LogP contribution in [-0.4, -0.2) is 30.5 Å². The Balaban J connectivity index is 1.67. The molecule has 1 saturated carbocycles. The molecule has 1 fully saturated rings. The normalized spacial score (nSPS) is 16.7. The average Bonchev–Trinajstić information content (AvgIpc) is 3.07. The second kappa shape index (κ2) is 9.57. The van der Waals surface area contributed by atoms with Crippen molar-refractivity contribution in [3.05, 3.63) is 29.8 Å². The van der Waals surface area contributed by atoms with Crippen LogP contribution < -0.4 is 21.1 Å². The van der Waals surface area contributed by atoms with Crippen molar-refractivity contribution in [3.63, 3.8) is 0 Å². The zero-order chi connectivity index (χ0) is 19.0. The maximum Gasteiger partial charge on any atom is 0.240 e. The van der Waals surface area contributed by atoms with Crippen molar-refractivity contribution in [1.82, 2.24) is 10.6 Å². The Morgan fingerprint density at radius 2 is 1.88 bits per heavy atom. The number of hydrogen-bond donors (Lipinski definition) is 3. The summed E-state index contributed by atoms with van der Waals surface area (Å²) < 4.78 is 5.42. The van der Waals surface area contributed by atoms with Crippen LogP contribution in [0.1, 0.15) is 64.0 Å². The van der Waals surface area contributed by atoms with Crippen molar-refractivity contribution in [2.24, 2.45) is 5.73 Å². The van der Waals surface area contributed by atoms with E-state index < -0.39 is 5.54 Å². The van der Waals surface area contributed by atoms with Gasteiger partial charge < -0.3 is 21.1 Å². The highest BCUT2D eigenvalue weighted by molar-refractivity contribution is 5.86. The number of carbonyl (C=O) groups is 2. The molecule has 2 rings (SSSR count). The molecule has 1 aromatic rings. The number of hydrogen-bond acceptors (Lipinski definition) is 4. The molecule has 6 nitrogen and oxygen atoms in total. The molecule has 0 aromatic heterocycles. The van der Waals surface area contributed by atoms with E-state index in [0.29, 0.717) is 26.0 Å². The van der Waals surface area contributed by atoms with Gasteiger partial charge in [0.05, 0.1) is 18.2 Å². The predicted octanol–water partition coefficient (Wildman–Crippen LogP) is 2.43. The first kappa shape index (κ1) is 20.2. The first-order valence-corrected chi connectivity index (χ1v) is 9.54. The lowest BCUT2D eigenvalue weighted by molar-refractivity contribution is -0.126. The molecule has 4 N–H and O–H groups in total. The van der Waals surface area contributed by atoms with E-state index in [9.17, 15) is 9.59 Å². The summed E-state index contributed by atoms with van der Waals surface area (Å²) in [4.78, 5) is 24.2. The summed E-state index contributed by atoms with van der Waals surface area (Å²) in [5.41, 5.74) is 6.43. The van der Waals surface area contributed by atoms with E-state index in [1.54, 1.807) is 0 Å². The lowest BCUT2D eigenvalue weighted by Gasteiger charge is -2.22. The van der Waals surface area contributed by atoms with Gasteiger partial charge in [0.25, 0.3) is 0 Å². The van der Waals surface area contributed by atoms with Crippen molar-refractivity contribution >= 4 is 11.8 Å². The number of carbonyl (C=O) groups excluding carboxylic acids is 2. The highest BCUT2D eigenvalue weighted by Crippen LogP contribution is 2.27. The number of rotatable bonds is 9. The third-order valence-electron chi connectivity index (χ3n) is 4.88. The van der Waals surface area contributed by atoms with Gasteiger partial charge in [0.1, 0.15) is 5.75 Å². The van der Waals surface area contributed by atoms with E-state index >= 15 is 0 Å². The van der Waals surface area contributed by atoms with E-state index in [1.165, 1.54) is 0 Å². The zero-order valence-electron chi connectivity index (χ0n) is 15.8. The molecule has 2 amide bonds. The average molecular weight is 361 g/mol. The summed E-state index contributed by atoms with van der Waals surface area (Å²) in [6.45, 7) is 5.00. The van der Waals surface area contributed by atoms with Crippen LogP contribution in [0, 0.1) is 0 Å². The Kier molecular flexibility index (Phi) is 7.45. The van der Waals surface area contributed by atoms with Crippen molar-refractivity contribution in [2.45, 2.75) is 64.0 Å². The molecular weight excluding hydrogens is 330 g/mol. The molecule has 0 bridgehead atoms. The molecule has 1 aliphatic rings. The van der Waals surface area contributed by atoms with Gasteiger partial charge in [-0.15, -0.1) is 0 Å². The number of benzene rings is 1. The molecule has 0 saturated heterocycles. The fourth-order valence-electron chi connectivity index (χ4n) is 3.28. The van der Waals surface area contributed by atoms with Gasteiger partial charge >= 0.3 is 0 Å². The molecule has 144 valence electrons. The van der Waals surface area contributed by atoms with Crippen LogP contribution in [0.3, 0.4) is 0 Å². The number of nitrogens with two attached hydrogens (primary N) is 1. The highest BCUT2D eigenvalue weighted by atomic mass is 16.5. The predicted molar refractivity (Wildman–Crippen MR) is 102 cm³/mol. The van der Waals surface area contributed by atoms with Crippen LogP contribution in [0.4, 0.5) is 0 Å². The summed E-state index contributed by atoms with van der Waals surface area (Å²) in [7, 11) is 0. The largest absolute Gasteiger partial charge is 0.494 e. The van der Waals surface area contributed by atoms with Crippen molar-refractivity contribution < 1.29 is 14.3 Å². The van der Waals surface area contributed by atoms with Gasteiger partial charge in [0, 0.05) is 13.0 Å². The quantitative estimate of drug-likeness (QED) is 0.589. The molecule has 1 unspecified atom stereocenters. The molecule has 0 spiro atoms. The Morgan fingerprint density at radius 3 is 2.50 bits per heavy atom. The van der Waals surface area contributed by atoms with Crippen LogP contribution >= 0.6 is 0 Å². The Labute approximate surface area is 155 Å². The fourth-order valence-corrected chi connectivity index (χ4v) is 3.28. The second-order valence-corrected chi connectivity index (χ2v) is 7.01. The topological polar surface area (TPSA) is 93.5 Å². The standard InChI is InChI=1S/C20H31N3O3/c1-3-26-17-10-8-16(9-11-17)15(2)23-18(24)7-6-14-22-19(25)20(21)12-4-5-13-20/h8-11,15H,3-7,12-14,21H2,1-2H3,(H,22,25)(H,23,24). The van der Waals surface area contributed by atoms with E-state index in [4.69, 9.17) is 10.5 Å². The molecule has 6 heteroatoms. The van der Waals surface area contributed by atoms with Gasteiger partial charge in [-0.2, -0.15) is 0 Å². The van der Waals surface area contributed by atoms with Crippen LogP contribution in [-0.2, 0) is 9.59 Å². The smallest absolute Gasteiger partial charge is 0.240 e.